The summed E-state index contributed by atoms with van der Waals surface area (Å²) in [4.78, 5) is 11.8. The highest BCUT2D eigenvalue weighted by atomic mass is 127. The van der Waals surface area contributed by atoms with Crippen LogP contribution < -0.4 is 10.6 Å². The van der Waals surface area contributed by atoms with Gasteiger partial charge in [0.15, 0.2) is 5.96 Å². The number of nitrogens with zero attached hydrogens (tertiary/aromatic N) is 4. The van der Waals surface area contributed by atoms with Gasteiger partial charge in [-0.05, 0) is 38.3 Å². The summed E-state index contributed by atoms with van der Waals surface area (Å²) >= 11 is 0. The molecule has 2 aromatic rings. The largest absolute Gasteiger partial charge is 0.379 e. The van der Waals surface area contributed by atoms with Crippen LogP contribution in [0.4, 0.5) is 0 Å². The predicted octanol–water partition coefficient (Wildman–Crippen LogP) is 3.55. The maximum absolute atomic E-state index is 5.61. The average molecular weight is 555 g/mol. The molecule has 32 heavy (non-hydrogen) atoms. The minimum Gasteiger partial charge on any atom is -0.379 e. The van der Waals surface area contributed by atoms with Crippen LogP contribution in [0.5, 0.6) is 0 Å². The van der Waals surface area contributed by atoms with Gasteiger partial charge in [0, 0.05) is 45.3 Å². The lowest BCUT2D eigenvalue weighted by Crippen LogP contribution is -2.60. The lowest BCUT2D eigenvalue weighted by molar-refractivity contribution is -0.0352. The second kappa shape index (κ2) is 12.2. The number of guanidine groups is 1. The highest BCUT2D eigenvalue weighted by Crippen LogP contribution is 2.33. The number of nitrogens with one attached hydrogen (secondary N) is 2. The summed E-state index contributed by atoms with van der Waals surface area (Å²) in [6, 6.07) is 8.36. The summed E-state index contributed by atoms with van der Waals surface area (Å²) in [7, 11) is 1.87. The van der Waals surface area contributed by atoms with E-state index in [0.717, 1.165) is 69.7 Å². The number of aliphatic imine (C=N–C) groups is 1. The van der Waals surface area contributed by atoms with Crippen LogP contribution in [0.2, 0.25) is 0 Å². The quantitative estimate of drug-likeness (QED) is 0.237. The van der Waals surface area contributed by atoms with Gasteiger partial charge in [-0.1, -0.05) is 31.4 Å². The van der Waals surface area contributed by atoms with E-state index < -0.39 is 0 Å². The van der Waals surface area contributed by atoms with Gasteiger partial charge in [-0.3, -0.25) is 9.89 Å². The van der Waals surface area contributed by atoms with E-state index in [1.165, 1.54) is 37.6 Å². The molecule has 8 heteroatoms. The molecule has 1 aliphatic carbocycles. The molecule has 0 bridgehead atoms. The number of morpholine rings is 1. The van der Waals surface area contributed by atoms with E-state index >= 15 is 0 Å². The molecule has 0 radical (unpaired) electrons. The first kappa shape index (κ1) is 25.2. The fraction of sp³-hybridized carbons (Fsp3) is 0.667. The minimum absolute atomic E-state index is 0. The number of hydrogen-bond acceptors (Lipinski definition) is 4. The average Bonchev–Trinajstić information content (AvgIpc) is 3.14. The van der Waals surface area contributed by atoms with Crippen molar-refractivity contribution < 1.29 is 4.74 Å². The van der Waals surface area contributed by atoms with Crippen LogP contribution in [0.3, 0.4) is 0 Å². The van der Waals surface area contributed by atoms with Crippen LogP contribution >= 0.6 is 24.0 Å². The van der Waals surface area contributed by atoms with E-state index in [9.17, 15) is 0 Å². The third-order valence-electron chi connectivity index (χ3n) is 6.97. The van der Waals surface area contributed by atoms with Gasteiger partial charge >= 0.3 is 0 Å². The molecule has 0 spiro atoms. The summed E-state index contributed by atoms with van der Waals surface area (Å²) in [6.07, 6.45) is 7.57. The second-order valence-corrected chi connectivity index (χ2v) is 8.89. The predicted molar refractivity (Wildman–Crippen MR) is 142 cm³/mol. The van der Waals surface area contributed by atoms with Gasteiger partial charge in [0.1, 0.15) is 5.82 Å². The van der Waals surface area contributed by atoms with Crippen molar-refractivity contribution in [3.05, 3.63) is 30.1 Å². The molecule has 1 aromatic heterocycles. The zero-order valence-corrected chi connectivity index (χ0v) is 21.9. The Morgan fingerprint density at radius 2 is 1.88 bits per heavy atom. The van der Waals surface area contributed by atoms with E-state index in [2.05, 4.69) is 55.2 Å². The number of hydrogen-bond donors (Lipinski definition) is 2. The van der Waals surface area contributed by atoms with E-state index in [-0.39, 0.29) is 29.5 Å². The van der Waals surface area contributed by atoms with E-state index in [0.29, 0.717) is 0 Å². The topological polar surface area (TPSA) is 66.7 Å². The Kier molecular flexibility index (Phi) is 9.61. The molecule has 1 aliphatic heterocycles. The normalized spacial score (nSPS) is 19.5. The number of aromatic nitrogens is 2. The number of imidazole rings is 1. The van der Waals surface area contributed by atoms with Crippen LogP contribution in [-0.4, -0.2) is 72.4 Å². The first-order valence-corrected chi connectivity index (χ1v) is 11.9. The van der Waals surface area contributed by atoms with Crippen molar-refractivity contribution in [2.24, 2.45) is 4.99 Å². The first-order chi connectivity index (χ1) is 15.2. The van der Waals surface area contributed by atoms with Gasteiger partial charge in [-0.2, -0.15) is 0 Å². The zero-order valence-electron chi connectivity index (χ0n) is 19.6. The van der Waals surface area contributed by atoms with Crippen molar-refractivity contribution in [2.75, 3.05) is 46.4 Å². The molecule has 178 valence electrons. The molecule has 2 heterocycles. The van der Waals surface area contributed by atoms with Gasteiger partial charge in [0.05, 0.1) is 24.2 Å². The molecule has 2 fully saturated rings. The van der Waals surface area contributed by atoms with E-state index in [1.54, 1.807) is 0 Å². The van der Waals surface area contributed by atoms with E-state index in [1.807, 2.05) is 13.1 Å². The summed E-state index contributed by atoms with van der Waals surface area (Å²) in [5.74, 6) is 1.99. The number of aryl methyl sites for hydroxylation is 2. The standard InChI is InChI=1S/C24H38N6O.HI/c1-20-28-21-9-4-5-10-22(21)30(20)14-8-13-26-23(25-2)27-19-24(11-6-3-7-12-24)29-15-17-31-18-16-29;/h4-5,9-10H,3,6-8,11-19H2,1-2H3,(H2,25,26,27);1H. The number of rotatable bonds is 7. The van der Waals surface area contributed by atoms with Crippen LogP contribution in [0.15, 0.2) is 29.3 Å². The molecule has 0 atom stereocenters. The van der Waals surface area contributed by atoms with Gasteiger partial charge in [-0.15, -0.1) is 24.0 Å². The Labute approximate surface area is 209 Å². The fourth-order valence-corrected chi connectivity index (χ4v) is 5.24. The molecule has 2 aliphatic rings. The molecule has 1 aromatic carbocycles. The number of fused-ring (bicyclic) bond motifs is 1. The summed E-state index contributed by atoms with van der Waals surface area (Å²) in [6.45, 7) is 8.69. The molecular formula is C24H39IN6O. The molecule has 4 rings (SSSR count). The van der Waals surface area contributed by atoms with Crippen molar-refractivity contribution in [1.29, 1.82) is 0 Å². The van der Waals surface area contributed by atoms with Gasteiger partial charge in [-0.25, -0.2) is 4.98 Å². The van der Waals surface area contributed by atoms with Crippen molar-refractivity contribution >= 4 is 41.0 Å². The number of halogens is 1. The summed E-state index contributed by atoms with van der Waals surface area (Å²) in [5, 5.41) is 7.17. The number of benzene rings is 1. The monoisotopic (exact) mass is 554 g/mol. The third-order valence-corrected chi connectivity index (χ3v) is 6.97. The van der Waals surface area contributed by atoms with Crippen LogP contribution in [0.1, 0.15) is 44.3 Å². The Morgan fingerprint density at radius 1 is 1.12 bits per heavy atom. The SMILES string of the molecule is CN=C(NCCCn1c(C)nc2ccccc21)NCC1(N2CCOCC2)CCCCC1.I. The maximum Gasteiger partial charge on any atom is 0.191 e. The highest BCUT2D eigenvalue weighted by molar-refractivity contribution is 14.0. The smallest absolute Gasteiger partial charge is 0.191 e. The lowest BCUT2D eigenvalue weighted by Gasteiger charge is -2.48. The van der Waals surface area contributed by atoms with Gasteiger partial charge < -0.3 is 19.9 Å². The van der Waals surface area contributed by atoms with Crippen LogP contribution in [0, 0.1) is 6.92 Å². The Balaban J connectivity index is 0.00000289. The van der Waals surface area contributed by atoms with Gasteiger partial charge in [0.25, 0.3) is 0 Å². The van der Waals surface area contributed by atoms with Crippen molar-refractivity contribution in [3.8, 4) is 0 Å². The number of para-hydroxylation sites is 2. The van der Waals surface area contributed by atoms with Crippen molar-refractivity contribution in [2.45, 2.75) is 57.5 Å². The first-order valence-electron chi connectivity index (χ1n) is 11.9. The van der Waals surface area contributed by atoms with Crippen molar-refractivity contribution in [1.82, 2.24) is 25.1 Å². The Bertz CT molecular complexity index is 870. The molecule has 0 amide bonds. The minimum atomic E-state index is 0. The van der Waals surface area contributed by atoms with Crippen molar-refractivity contribution in [3.63, 3.8) is 0 Å². The second-order valence-electron chi connectivity index (χ2n) is 8.89. The number of ether oxygens (including phenoxy) is 1. The maximum atomic E-state index is 5.61. The molecule has 2 N–H and O–H groups in total. The molecule has 0 unspecified atom stereocenters. The Hall–Kier alpha value is -1.39. The molecule has 1 saturated carbocycles. The summed E-state index contributed by atoms with van der Waals surface area (Å²) in [5.41, 5.74) is 2.53. The van der Waals surface area contributed by atoms with E-state index in [4.69, 9.17) is 4.74 Å². The van der Waals surface area contributed by atoms with Gasteiger partial charge in [0.2, 0.25) is 0 Å². The Morgan fingerprint density at radius 3 is 2.62 bits per heavy atom. The molecule has 7 nitrogen and oxygen atoms in total. The molecular weight excluding hydrogens is 515 g/mol. The van der Waals surface area contributed by atoms with Crippen LogP contribution in [-0.2, 0) is 11.3 Å². The zero-order chi connectivity index (χ0) is 21.5. The third kappa shape index (κ3) is 5.94. The summed E-state index contributed by atoms with van der Waals surface area (Å²) < 4.78 is 7.92. The fourth-order valence-electron chi connectivity index (χ4n) is 5.24. The lowest BCUT2D eigenvalue weighted by atomic mass is 9.80. The molecule has 1 saturated heterocycles. The highest BCUT2D eigenvalue weighted by Gasteiger charge is 2.38. The van der Waals surface area contributed by atoms with Crippen LogP contribution in [0.25, 0.3) is 11.0 Å².